The first-order valence-electron chi connectivity index (χ1n) is 7.79. The maximum atomic E-state index is 12.5. The summed E-state index contributed by atoms with van der Waals surface area (Å²) in [5.41, 5.74) is 1.03. The molecule has 1 aromatic heterocycles. The molecule has 1 unspecified atom stereocenters. The molecule has 0 aliphatic heterocycles. The molecule has 1 aromatic carbocycles. The third-order valence-electron chi connectivity index (χ3n) is 3.83. The van der Waals surface area contributed by atoms with E-state index in [1.807, 2.05) is 0 Å². The van der Waals surface area contributed by atoms with Crippen LogP contribution in [-0.2, 0) is 4.79 Å². The summed E-state index contributed by atoms with van der Waals surface area (Å²) in [5, 5.41) is 11.9. The van der Waals surface area contributed by atoms with Gasteiger partial charge in [-0.15, -0.1) is 0 Å². The fourth-order valence-electron chi connectivity index (χ4n) is 2.48. The third-order valence-corrected chi connectivity index (χ3v) is 3.83. The van der Waals surface area contributed by atoms with E-state index < -0.39 is 17.9 Å². The number of aliphatic carboxylic acids is 1. The Hall–Kier alpha value is -3.29. The Morgan fingerprint density at radius 3 is 2.46 bits per heavy atom. The molecule has 1 heterocycles. The first kappa shape index (κ1) is 19.0. The monoisotopic (exact) mass is 360 g/mol. The molecule has 0 spiro atoms. The lowest BCUT2D eigenvalue weighted by atomic mass is 10.0. The van der Waals surface area contributed by atoms with Gasteiger partial charge < -0.3 is 24.9 Å². The quantitative estimate of drug-likeness (QED) is 0.621. The predicted octanol–water partition coefficient (Wildman–Crippen LogP) is 2.18. The first-order valence-corrected chi connectivity index (χ1v) is 7.79. The zero-order valence-electron chi connectivity index (χ0n) is 14.7. The SMILES string of the molecule is COc1ccc(C(CC(=O)O)NC(=O)c2cc(C(C)=O)c[nH]2)c(OC)c1. The van der Waals surface area contributed by atoms with Crippen LogP contribution in [0.5, 0.6) is 11.5 Å². The number of aromatic amines is 1. The molecule has 3 N–H and O–H groups in total. The van der Waals surface area contributed by atoms with Crippen LogP contribution in [0.15, 0.2) is 30.5 Å². The second kappa shape index (κ2) is 8.19. The highest BCUT2D eigenvalue weighted by Gasteiger charge is 2.23. The van der Waals surface area contributed by atoms with Crippen LogP contribution in [0, 0.1) is 0 Å². The molecule has 0 saturated heterocycles. The fourth-order valence-corrected chi connectivity index (χ4v) is 2.48. The number of carbonyl (C=O) groups is 3. The second-order valence-corrected chi connectivity index (χ2v) is 5.59. The van der Waals surface area contributed by atoms with E-state index in [0.29, 0.717) is 22.6 Å². The van der Waals surface area contributed by atoms with Crippen LogP contribution in [0.4, 0.5) is 0 Å². The largest absolute Gasteiger partial charge is 0.497 e. The van der Waals surface area contributed by atoms with Gasteiger partial charge in [0, 0.05) is 23.4 Å². The summed E-state index contributed by atoms with van der Waals surface area (Å²) in [4.78, 5) is 37.8. The van der Waals surface area contributed by atoms with E-state index in [9.17, 15) is 19.5 Å². The number of ether oxygens (including phenoxy) is 2. The number of hydrogen-bond donors (Lipinski definition) is 3. The number of ketones is 1. The highest BCUT2D eigenvalue weighted by atomic mass is 16.5. The minimum atomic E-state index is -1.08. The van der Waals surface area contributed by atoms with Gasteiger partial charge in [-0.05, 0) is 25.1 Å². The van der Waals surface area contributed by atoms with E-state index in [1.165, 1.54) is 33.4 Å². The summed E-state index contributed by atoms with van der Waals surface area (Å²) in [6.45, 7) is 1.39. The molecule has 26 heavy (non-hydrogen) atoms. The van der Waals surface area contributed by atoms with Gasteiger partial charge >= 0.3 is 5.97 Å². The Balaban J connectivity index is 2.31. The van der Waals surface area contributed by atoms with Crippen molar-refractivity contribution >= 4 is 17.7 Å². The van der Waals surface area contributed by atoms with Gasteiger partial charge in [-0.3, -0.25) is 14.4 Å². The number of H-pyrrole nitrogens is 1. The first-order chi connectivity index (χ1) is 12.3. The second-order valence-electron chi connectivity index (χ2n) is 5.59. The Labute approximate surface area is 150 Å². The molecule has 8 heteroatoms. The molecule has 0 aliphatic rings. The summed E-state index contributed by atoms with van der Waals surface area (Å²) in [6, 6.07) is 5.49. The van der Waals surface area contributed by atoms with E-state index in [-0.39, 0.29) is 17.9 Å². The number of carboxylic acids is 1. The number of carboxylic acid groups (broad SMARTS) is 1. The summed E-state index contributed by atoms with van der Waals surface area (Å²) < 4.78 is 10.4. The summed E-state index contributed by atoms with van der Waals surface area (Å²) >= 11 is 0. The van der Waals surface area contributed by atoms with Crippen molar-refractivity contribution in [2.75, 3.05) is 14.2 Å². The third kappa shape index (κ3) is 4.41. The molecular weight excluding hydrogens is 340 g/mol. The van der Waals surface area contributed by atoms with E-state index in [1.54, 1.807) is 18.2 Å². The number of carbonyl (C=O) groups excluding carboxylic acids is 2. The topological polar surface area (TPSA) is 118 Å². The van der Waals surface area contributed by atoms with Crippen LogP contribution in [0.3, 0.4) is 0 Å². The zero-order valence-corrected chi connectivity index (χ0v) is 14.7. The number of nitrogens with one attached hydrogen (secondary N) is 2. The minimum absolute atomic E-state index is 0.165. The summed E-state index contributed by atoms with van der Waals surface area (Å²) in [6.07, 6.45) is 1.09. The lowest BCUT2D eigenvalue weighted by Crippen LogP contribution is -2.30. The van der Waals surface area contributed by atoms with Crippen molar-refractivity contribution in [1.82, 2.24) is 10.3 Å². The van der Waals surface area contributed by atoms with Gasteiger partial charge in [-0.1, -0.05) is 0 Å². The van der Waals surface area contributed by atoms with Crippen LogP contribution < -0.4 is 14.8 Å². The predicted molar refractivity (Wildman–Crippen MR) is 92.8 cm³/mol. The van der Waals surface area contributed by atoms with Crippen molar-refractivity contribution in [2.45, 2.75) is 19.4 Å². The molecule has 8 nitrogen and oxygen atoms in total. The standard InChI is InChI=1S/C18H20N2O6/c1-10(21)11-6-15(19-9-11)18(24)20-14(8-17(22)23)13-5-4-12(25-2)7-16(13)26-3/h4-7,9,14,19H,8H2,1-3H3,(H,20,24)(H,22,23). The number of benzene rings is 1. The number of methoxy groups -OCH3 is 2. The van der Waals surface area contributed by atoms with E-state index in [0.717, 1.165) is 0 Å². The minimum Gasteiger partial charge on any atom is -0.497 e. The average Bonchev–Trinajstić information content (AvgIpc) is 3.10. The van der Waals surface area contributed by atoms with Gasteiger partial charge in [0.1, 0.15) is 17.2 Å². The van der Waals surface area contributed by atoms with Crippen molar-refractivity contribution in [3.05, 3.63) is 47.3 Å². The number of aromatic nitrogens is 1. The van der Waals surface area contributed by atoms with Crippen molar-refractivity contribution < 1.29 is 29.0 Å². The Kier molecular flexibility index (Phi) is 6.00. The lowest BCUT2D eigenvalue weighted by molar-refractivity contribution is -0.137. The molecular formula is C18H20N2O6. The van der Waals surface area contributed by atoms with E-state index >= 15 is 0 Å². The molecule has 1 atom stereocenters. The maximum Gasteiger partial charge on any atom is 0.305 e. The van der Waals surface area contributed by atoms with Crippen LogP contribution in [0.2, 0.25) is 0 Å². The normalized spacial score (nSPS) is 11.5. The molecule has 2 rings (SSSR count). The molecule has 0 bridgehead atoms. The molecule has 0 fully saturated rings. The van der Waals surface area contributed by atoms with Gasteiger partial charge in [-0.2, -0.15) is 0 Å². The Morgan fingerprint density at radius 2 is 1.92 bits per heavy atom. The number of hydrogen-bond acceptors (Lipinski definition) is 5. The molecule has 1 amide bonds. The van der Waals surface area contributed by atoms with Gasteiger partial charge in [0.25, 0.3) is 5.91 Å². The van der Waals surface area contributed by atoms with Gasteiger partial charge in [0.2, 0.25) is 0 Å². The molecule has 0 radical (unpaired) electrons. The van der Waals surface area contributed by atoms with Crippen LogP contribution in [-0.4, -0.2) is 42.0 Å². The van der Waals surface area contributed by atoms with Gasteiger partial charge in [0.15, 0.2) is 5.78 Å². The molecule has 138 valence electrons. The molecule has 2 aromatic rings. The average molecular weight is 360 g/mol. The molecule has 0 saturated carbocycles. The van der Waals surface area contributed by atoms with Crippen molar-refractivity contribution in [1.29, 1.82) is 0 Å². The van der Waals surface area contributed by atoms with E-state index in [2.05, 4.69) is 10.3 Å². The lowest BCUT2D eigenvalue weighted by Gasteiger charge is -2.20. The van der Waals surface area contributed by atoms with Crippen molar-refractivity contribution in [3.8, 4) is 11.5 Å². The van der Waals surface area contributed by atoms with Crippen molar-refractivity contribution in [2.24, 2.45) is 0 Å². The highest BCUT2D eigenvalue weighted by Crippen LogP contribution is 2.31. The number of rotatable bonds is 8. The summed E-state index contributed by atoms with van der Waals surface area (Å²) in [7, 11) is 2.95. The number of Topliss-reactive ketones (excluding diaryl/α,β-unsaturated/α-hetero) is 1. The fraction of sp³-hybridized carbons (Fsp3) is 0.278. The smallest absolute Gasteiger partial charge is 0.305 e. The van der Waals surface area contributed by atoms with E-state index in [4.69, 9.17) is 9.47 Å². The number of amides is 1. The summed E-state index contributed by atoms with van der Waals surface area (Å²) in [5.74, 6) is -0.849. The van der Waals surface area contributed by atoms with Gasteiger partial charge in [0.05, 0.1) is 26.7 Å². The van der Waals surface area contributed by atoms with Crippen LogP contribution in [0.1, 0.15) is 45.8 Å². The Morgan fingerprint density at radius 1 is 1.19 bits per heavy atom. The van der Waals surface area contributed by atoms with Crippen LogP contribution in [0.25, 0.3) is 0 Å². The Bertz CT molecular complexity index is 827. The van der Waals surface area contributed by atoms with Crippen molar-refractivity contribution in [3.63, 3.8) is 0 Å². The highest BCUT2D eigenvalue weighted by molar-refractivity contribution is 5.99. The maximum absolute atomic E-state index is 12.5. The van der Waals surface area contributed by atoms with Crippen LogP contribution >= 0.6 is 0 Å². The van der Waals surface area contributed by atoms with Gasteiger partial charge in [-0.25, -0.2) is 0 Å². The zero-order chi connectivity index (χ0) is 19.3. The molecule has 0 aliphatic carbocycles.